The van der Waals surface area contributed by atoms with Crippen molar-refractivity contribution in [2.45, 2.75) is 51.4 Å². The van der Waals surface area contributed by atoms with Crippen LogP contribution in [-0.4, -0.2) is 43.2 Å². The summed E-state index contributed by atoms with van der Waals surface area (Å²) in [6.45, 7) is 6.95. The van der Waals surface area contributed by atoms with Gasteiger partial charge in [-0.05, 0) is 51.4 Å². The third-order valence-electron chi connectivity index (χ3n) is 4.88. The maximum atomic E-state index is 14.4. The summed E-state index contributed by atoms with van der Waals surface area (Å²) in [6.07, 6.45) is 2.52. The van der Waals surface area contributed by atoms with E-state index in [9.17, 15) is 4.39 Å². The third-order valence-corrected chi connectivity index (χ3v) is 4.88. The van der Waals surface area contributed by atoms with Crippen LogP contribution in [0.3, 0.4) is 0 Å². The Bertz CT molecular complexity index is 489. The molecule has 4 heteroatoms. The van der Waals surface area contributed by atoms with Crippen molar-refractivity contribution in [3.63, 3.8) is 0 Å². The van der Waals surface area contributed by atoms with Crippen LogP contribution in [0.4, 0.5) is 10.1 Å². The van der Waals surface area contributed by atoms with E-state index in [0.717, 1.165) is 30.9 Å². The molecule has 21 heavy (non-hydrogen) atoms. The molecule has 0 radical (unpaired) electrons. The Labute approximate surface area is 127 Å². The standard InChI is InChI=1S/C17H26FN3/c1-12-10-21(11-13(2)20(12)3)17-7-4-14(8-16(17)18)9-19-15-5-6-15/h4,7-8,12-13,15,19H,5-6,9-11H2,1-3H3. The zero-order valence-corrected chi connectivity index (χ0v) is 13.3. The van der Waals surface area contributed by atoms with Gasteiger partial charge >= 0.3 is 0 Å². The van der Waals surface area contributed by atoms with Crippen LogP contribution in [0, 0.1) is 5.82 Å². The lowest BCUT2D eigenvalue weighted by molar-refractivity contribution is 0.169. The number of benzene rings is 1. The highest BCUT2D eigenvalue weighted by atomic mass is 19.1. The average Bonchev–Trinajstić information content (AvgIpc) is 3.26. The number of nitrogens with one attached hydrogen (secondary N) is 1. The minimum atomic E-state index is -0.0888. The van der Waals surface area contributed by atoms with Crippen LogP contribution in [0.1, 0.15) is 32.3 Å². The Hall–Kier alpha value is -1.13. The summed E-state index contributed by atoms with van der Waals surface area (Å²) in [5.74, 6) is -0.0888. The topological polar surface area (TPSA) is 18.5 Å². The van der Waals surface area contributed by atoms with Crippen LogP contribution >= 0.6 is 0 Å². The molecule has 3 nitrogen and oxygen atoms in total. The summed E-state index contributed by atoms with van der Waals surface area (Å²) in [7, 11) is 2.15. The molecule has 1 heterocycles. The Balaban J connectivity index is 1.69. The first kappa shape index (κ1) is 14.8. The van der Waals surface area contributed by atoms with E-state index in [1.54, 1.807) is 6.07 Å². The van der Waals surface area contributed by atoms with Crippen molar-refractivity contribution in [1.82, 2.24) is 10.2 Å². The number of nitrogens with zero attached hydrogens (tertiary/aromatic N) is 2. The maximum absolute atomic E-state index is 14.4. The number of hydrogen-bond acceptors (Lipinski definition) is 3. The molecule has 3 rings (SSSR count). The monoisotopic (exact) mass is 291 g/mol. The molecule has 1 saturated heterocycles. The van der Waals surface area contributed by atoms with E-state index in [1.807, 2.05) is 6.07 Å². The van der Waals surface area contributed by atoms with Gasteiger partial charge in [0.15, 0.2) is 0 Å². The van der Waals surface area contributed by atoms with Gasteiger partial charge in [0.1, 0.15) is 5.82 Å². The Morgan fingerprint density at radius 2 is 1.86 bits per heavy atom. The second-order valence-electron chi connectivity index (χ2n) is 6.71. The van der Waals surface area contributed by atoms with Crippen molar-refractivity contribution in [1.29, 1.82) is 0 Å². The fraction of sp³-hybridized carbons (Fsp3) is 0.647. The lowest BCUT2D eigenvalue weighted by Gasteiger charge is -2.43. The lowest BCUT2D eigenvalue weighted by Crippen LogP contribution is -2.55. The Kier molecular flexibility index (Phi) is 4.18. The molecule has 1 N–H and O–H groups in total. The van der Waals surface area contributed by atoms with Crippen molar-refractivity contribution >= 4 is 5.69 Å². The van der Waals surface area contributed by atoms with Crippen molar-refractivity contribution in [3.8, 4) is 0 Å². The van der Waals surface area contributed by atoms with E-state index < -0.39 is 0 Å². The van der Waals surface area contributed by atoms with E-state index in [1.165, 1.54) is 12.8 Å². The first-order valence-corrected chi connectivity index (χ1v) is 8.03. The Morgan fingerprint density at radius 3 is 2.43 bits per heavy atom. The molecule has 0 spiro atoms. The molecule has 1 aliphatic heterocycles. The van der Waals surface area contributed by atoms with Crippen LogP contribution in [0.5, 0.6) is 0 Å². The number of piperazine rings is 1. The largest absolute Gasteiger partial charge is 0.366 e. The summed E-state index contributed by atoms with van der Waals surface area (Å²) in [6, 6.07) is 7.25. The first-order valence-electron chi connectivity index (χ1n) is 8.03. The van der Waals surface area contributed by atoms with Gasteiger partial charge < -0.3 is 10.2 Å². The lowest BCUT2D eigenvalue weighted by atomic mass is 10.1. The highest BCUT2D eigenvalue weighted by molar-refractivity contribution is 5.50. The molecular formula is C17H26FN3. The van der Waals surface area contributed by atoms with Gasteiger partial charge in [-0.1, -0.05) is 6.07 Å². The second-order valence-corrected chi connectivity index (χ2v) is 6.71. The molecule has 0 aromatic heterocycles. The summed E-state index contributed by atoms with van der Waals surface area (Å²) >= 11 is 0. The molecule has 2 aliphatic rings. The summed E-state index contributed by atoms with van der Waals surface area (Å²) in [5.41, 5.74) is 1.79. The number of hydrogen-bond donors (Lipinski definition) is 1. The van der Waals surface area contributed by atoms with E-state index in [0.29, 0.717) is 18.1 Å². The van der Waals surface area contributed by atoms with Gasteiger partial charge in [0.05, 0.1) is 5.69 Å². The fourth-order valence-electron chi connectivity index (χ4n) is 3.07. The highest BCUT2D eigenvalue weighted by Crippen LogP contribution is 2.26. The van der Waals surface area contributed by atoms with Crippen molar-refractivity contribution in [3.05, 3.63) is 29.6 Å². The third kappa shape index (κ3) is 3.38. The molecule has 1 saturated carbocycles. The van der Waals surface area contributed by atoms with Crippen molar-refractivity contribution < 1.29 is 4.39 Å². The smallest absolute Gasteiger partial charge is 0.146 e. The van der Waals surface area contributed by atoms with Crippen molar-refractivity contribution in [2.75, 3.05) is 25.0 Å². The van der Waals surface area contributed by atoms with Crippen LogP contribution in [0.25, 0.3) is 0 Å². The minimum Gasteiger partial charge on any atom is -0.366 e. The van der Waals surface area contributed by atoms with Gasteiger partial charge in [0.2, 0.25) is 0 Å². The Morgan fingerprint density at radius 1 is 1.19 bits per heavy atom. The molecule has 1 aliphatic carbocycles. The van der Waals surface area contributed by atoms with E-state index in [2.05, 4.69) is 42.1 Å². The van der Waals surface area contributed by atoms with Crippen molar-refractivity contribution in [2.24, 2.45) is 0 Å². The molecule has 2 atom stereocenters. The fourth-order valence-corrected chi connectivity index (χ4v) is 3.07. The van der Waals surface area contributed by atoms with Gasteiger partial charge in [-0.25, -0.2) is 4.39 Å². The van der Waals surface area contributed by atoms with E-state index >= 15 is 0 Å². The van der Waals surface area contributed by atoms with Crippen LogP contribution in [0.15, 0.2) is 18.2 Å². The molecule has 2 unspecified atom stereocenters. The number of rotatable bonds is 4. The van der Waals surface area contributed by atoms with Crippen LogP contribution in [-0.2, 0) is 6.54 Å². The molecule has 1 aromatic carbocycles. The molecule has 0 amide bonds. The van der Waals surface area contributed by atoms with E-state index in [-0.39, 0.29) is 5.82 Å². The number of likely N-dealkylation sites (N-methyl/N-ethyl adjacent to an activating group) is 1. The van der Waals surface area contributed by atoms with Crippen LogP contribution in [0.2, 0.25) is 0 Å². The summed E-state index contributed by atoms with van der Waals surface area (Å²) in [5, 5.41) is 3.43. The predicted octanol–water partition coefficient (Wildman–Crippen LogP) is 2.61. The number of anilines is 1. The van der Waals surface area contributed by atoms with Crippen LogP contribution < -0.4 is 10.2 Å². The second kappa shape index (κ2) is 5.93. The zero-order chi connectivity index (χ0) is 15.0. The molecule has 116 valence electrons. The van der Waals surface area contributed by atoms with Gasteiger partial charge in [0, 0.05) is 37.8 Å². The van der Waals surface area contributed by atoms with E-state index in [4.69, 9.17) is 0 Å². The normalized spacial score (nSPS) is 27.1. The highest BCUT2D eigenvalue weighted by Gasteiger charge is 2.28. The molecule has 0 bridgehead atoms. The maximum Gasteiger partial charge on any atom is 0.146 e. The zero-order valence-electron chi connectivity index (χ0n) is 13.3. The SMILES string of the molecule is CC1CN(c2ccc(CNC3CC3)cc2F)CC(C)N1C. The molecular weight excluding hydrogens is 265 g/mol. The van der Waals surface area contributed by atoms with Gasteiger partial charge in [0.25, 0.3) is 0 Å². The average molecular weight is 291 g/mol. The minimum absolute atomic E-state index is 0.0888. The van der Waals surface area contributed by atoms with Gasteiger partial charge in [-0.15, -0.1) is 0 Å². The van der Waals surface area contributed by atoms with Gasteiger partial charge in [-0.2, -0.15) is 0 Å². The predicted molar refractivity (Wildman–Crippen MR) is 85.2 cm³/mol. The van der Waals surface area contributed by atoms with Gasteiger partial charge in [-0.3, -0.25) is 4.90 Å². The quantitative estimate of drug-likeness (QED) is 0.920. The number of halogens is 1. The first-order chi connectivity index (χ1) is 10.0. The summed E-state index contributed by atoms with van der Waals surface area (Å²) < 4.78 is 14.4. The molecule has 1 aromatic rings. The summed E-state index contributed by atoms with van der Waals surface area (Å²) in [4.78, 5) is 4.55. The molecule has 2 fully saturated rings.